The zero-order chi connectivity index (χ0) is 14.3. The maximum atomic E-state index is 12.1. The van der Waals surface area contributed by atoms with Gasteiger partial charge in [-0.25, -0.2) is 0 Å². The van der Waals surface area contributed by atoms with E-state index in [2.05, 4.69) is 11.9 Å². The quantitative estimate of drug-likeness (QED) is 0.670. The van der Waals surface area contributed by atoms with Gasteiger partial charge in [0.25, 0.3) is 0 Å². The summed E-state index contributed by atoms with van der Waals surface area (Å²) in [4.78, 5) is 18.4. The third-order valence-corrected chi connectivity index (χ3v) is 3.76. The Hall–Kier alpha value is -0.650. The molecule has 1 aliphatic heterocycles. The molecule has 1 atom stereocenters. The van der Waals surface area contributed by atoms with Crippen molar-refractivity contribution in [3.05, 3.63) is 0 Å². The fourth-order valence-electron chi connectivity index (χ4n) is 2.59. The molecule has 1 saturated heterocycles. The molecule has 0 radical (unpaired) electrons. The van der Waals surface area contributed by atoms with Gasteiger partial charge in [0.05, 0.1) is 13.2 Å². The van der Waals surface area contributed by atoms with Crippen molar-refractivity contribution in [1.29, 1.82) is 0 Å². The van der Waals surface area contributed by atoms with Gasteiger partial charge in [0.1, 0.15) is 0 Å². The second kappa shape index (κ2) is 8.51. The number of carbonyl (C=O) groups excluding carboxylic acids is 1. The second-order valence-corrected chi connectivity index (χ2v) is 5.78. The summed E-state index contributed by atoms with van der Waals surface area (Å²) in [5.41, 5.74) is 0. The highest BCUT2D eigenvalue weighted by Gasteiger charge is 2.21. The number of nitrogens with zero attached hydrogens (tertiary/aromatic N) is 3. The number of hydrogen-bond acceptors (Lipinski definition) is 4. The van der Waals surface area contributed by atoms with Gasteiger partial charge in [-0.15, -0.1) is 0 Å². The molecule has 0 saturated carbocycles. The van der Waals surface area contributed by atoms with Crippen LogP contribution >= 0.6 is 0 Å². The number of amides is 1. The summed E-state index contributed by atoms with van der Waals surface area (Å²) < 4.78 is 5.02. The molecule has 1 aliphatic rings. The molecule has 1 rings (SSSR count). The number of likely N-dealkylation sites (tertiary alicyclic amines) is 1. The van der Waals surface area contributed by atoms with Gasteiger partial charge in [-0.3, -0.25) is 9.69 Å². The van der Waals surface area contributed by atoms with Crippen molar-refractivity contribution in [3.63, 3.8) is 0 Å². The van der Waals surface area contributed by atoms with Gasteiger partial charge in [-0.05, 0) is 39.4 Å². The van der Waals surface area contributed by atoms with Gasteiger partial charge < -0.3 is 14.5 Å². The first kappa shape index (κ1) is 16.4. The topological polar surface area (TPSA) is 36.0 Å². The van der Waals surface area contributed by atoms with Crippen LogP contribution in [0, 0.1) is 5.92 Å². The monoisotopic (exact) mass is 271 g/mol. The Bertz CT molecular complexity index is 273. The maximum absolute atomic E-state index is 12.1. The van der Waals surface area contributed by atoms with Crippen molar-refractivity contribution in [2.75, 3.05) is 67.6 Å². The summed E-state index contributed by atoms with van der Waals surface area (Å²) in [7, 11) is 7.72. The normalized spacial score (nSPS) is 20.8. The minimum atomic E-state index is 0.201. The molecule has 0 bridgehead atoms. The van der Waals surface area contributed by atoms with E-state index in [0.717, 1.165) is 19.6 Å². The Kier molecular flexibility index (Phi) is 7.34. The van der Waals surface area contributed by atoms with Gasteiger partial charge >= 0.3 is 0 Å². The number of rotatable bonds is 7. The average Bonchev–Trinajstić information content (AvgIpc) is 2.36. The zero-order valence-electron chi connectivity index (χ0n) is 12.9. The van der Waals surface area contributed by atoms with E-state index in [-0.39, 0.29) is 5.91 Å². The number of hydrogen-bond donors (Lipinski definition) is 0. The van der Waals surface area contributed by atoms with Crippen LogP contribution < -0.4 is 0 Å². The van der Waals surface area contributed by atoms with Crippen molar-refractivity contribution in [1.82, 2.24) is 14.7 Å². The largest absolute Gasteiger partial charge is 0.383 e. The van der Waals surface area contributed by atoms with Gasteiger partial charge in [-0.1, -0.05) is 0 Å². The van der Waals surface area contributed by atoms with E-state index in [1.807, 2.05) is 23.9 Å². The van der Waals surface area contributed by atoms with Crippen LogP contribution in [-0.4, -0.2) is 88.2 Å². The van der Waals surface area contributed by atoms with E-state index in [9.17, 15) is 4.79 Å². The fourth-order valence-corrected chi connectivity index (χ4v) is 2.59. The Balaban J connectivity index is 2.27. The lowest BCUT2D eigenvalue weighted by atomic mass is 9.98. The summed E-state index contributed by atoms with van der Waals surface area (Å²) in [6.07, 6.45) is 2.48. The molecular weight excluding hydrogens is 242 g/mol. The number of carbonyl (C=O) groups is 1. The summed E-state index contributed by atoms with van der Waals surface area (Å²) >= 11 is 0. The predicted molar refractivity (Wildman–Crippen MR) is 77.2 cm³/mol. The van der Waals surface area contributed by atoms with Crippen molar-refractivity contribution < 1.29 is 9.53 Å². The molecule has 1 fully saturated rings. The molecule has 0 aromatic heterocycles. The molecule has 19 heavy (non-hydrogen) atoms. The van der Waals surface area contributed by atoms with E-state index in [1.165, 1.54) is 19.4 Å². The molecule has 0 spiro atoms. The van der Waals surface area contributed by atoms with Crippen LogP contribution in [0.15, 0.2) is 0 Å². The Morgan fingerprint density at radius 2 is 2.16 bits per heavy atom. The maximum Gasteiger partial charge on any atom is 0.236 e. The minimum absolute atomic E-state index is 0.201. The van der Waals surface area contributed by atoms with Crippen molar-refractivity contribution in [2.45, 2.75) is 12.8 Å². The number of likely N-dealkylation sites (N-methyl/N-ethyl adjacent to an activating group) is 2. The van der Waals surface area contributed by atoms with Crippen molar-refractivity contribution in [2.24, 2.45) is 5.92 Å². The fraction of sp³-hybridized carbons (Fsp3) is 0.929. The predicted octanol–water partition coefficient (Wildman–Crippen LogP) is 0.365. The van der Waals surface area contributed by atoms with Gasteiger partial charge in [0.15, 0.2) is 0 Å². The molecule has 0 aromatic carbocycles. The van der Waals surface area contributed by atoms with Gasteiger partial charge in [0.2, 0.25) is 5.91 Å². The number of ether oxygens (including phenoxy) is 1. The first-order valence-electron chi connectivity index (χ1n) is 7.13. The van der Waals surface area contributed by atoms with Gasteiger partial charge in [0, 0.05) is 33.8 Å². The lowest BCUT2D eigenvalue weighted by Gasteiger charge is -2.32. The van der Waals surface area contributed by atoms with Crippen LogP contribution in [0.1, 0.15) is 12.8 Å². The Morgan fingerprint density at radius 3 is 2.79 bits per heavy atom. The van der Waals surface area contributed by atoms with Crippen LogP contribution in [0.5, 0.6) is 0 Å². The first-order valence-corrected chi connectivity index (χ1v) is 7.13. The molecule has 1 heterocycles. The summed E-state index contributed by atoms with van der Waals surface area (Å²) in [6, 6.07) is 0. The molecule has 1 amide bonds. The lowest BCUT2D eigenvalue weighted by molar-refractivity contribution is -0.131. The van der Waals surface area contributed by atoms with Crippen LogP contribution in [0.3, 0.4) is 0 Å². The molecular formula is C14H29N3O2. The molecule has 1 unspecified atom stereocenters. The van der Waals surface area contributed by atoms with E-state index in [4.69, 9.17) is 4.74 Å². The van der Waals surface area contributed by atoms with Crippen LogP contribution in [0.25, 0.3) is 0 Å². The summed E-state index contributed by atoms with van der Waals surface area (Å²) in [6.45, 7) is 5.11. The highest BCUT2D eigenvalue weighted by molar-refractivity contribution is 5.77. The standard InChI is InChI=1S/C14H29N3O2/c1-15-7-5-6-13(10-15)11-17(3)14(18)12-16(2)8-9-19-4/h13H,5-12H2,1-4H3. The van der Waals surface area contributed by atoms with Crippen LogP contribution in [0.2, 0.25) is 0 Å². The molecule has 0 aliphatic carbocycles. The van der Waals surface area contributed by atoms with Gasteiger partial charge in [-0.2, -0.15) is 0 Å². The Labute approximate surface area is 117 Å². The molecule has 0 aromatic rings. The van der Waals surface area contributed by atoms with E-state index in [0.29, 0.717) is 19.1 Å². The molecule has 5 heteroatoms. The Morgan fingerprint density at radius 1 is 1.42 bits per heavy atom. The van der Waals surface area contributed by atoms with Crippen molar-refractivity contribution >= 4 is 5.91 Å². The van der Waals surface area contributed by atoms with E-state index in [1.54, 1.807) is 7.11 Å². The van der Waals surface area contributed by atoms with Crippen molar-refractivity contribution in [3.8, 4) is 0 Å². The van der Waals surface area contributed by atoms with Crippen LogP contribution in [0.4, 0.5) is 0 Å². The third-order valence-electron chi connectivity index (χ3n) is 3.76. The van der Waals surface area contributed by atoms with E-state index >= 15 is 0 Å². The smallest absolute Gasteiger partial charge is 0.236 e. The molecule has 5 nitrogen and oxygen atoms in total. The second-order valence-electron chi connectivity index (χ2n) is 5.78. The average molecular weight is 271 g/mol. The summed E-state index contributed by atoms with van der Waals surface area (Å²) in [5, 5.41) is 0. The zero-order valence-corrected chi connectivity index (χ0v) is 12.9. The number of piperidine rings is 1. The van der Waals surface area contributed by atoms with Crippen LogP contribution in [-0.2, 0) is 9.53 Å². The molecule has 112 valence electrons. The lowest BCUT2D eigenvalue weighted by Crippen LogP contribution is -2.43. The third kappa shape index (κ3) is 6.36. The summed E-state index contributed by atoms with van der Waals surface area (Å²) in [5.74, 6) is 0.823. The number of methoxy groups -OCH3 is 1. The SMILES string of the molecule is COCCN(C)CC(=O)N(C)CC1CCCN(C)C1. The van der Waals surface area contributed by atoms with E-state index < -0.39 is 0 Å². The highest BCUT2D eigenvalue weighted by atomic mass is 16.5. The minimum Gasteiger partial charge on any atom is -0.383 e. The highest BCUT2D eigenvalue weighted by Crippen LogP contribution is 2.15. The molecule has 0 N–H and O–H groups in total. The first-order chi connectivity index (χ1) is 9.02.